The highest BCUT2D eigenvalue weighted by Crippen LogP contribution is 2.16. The number of nitrogens with one attached hydrogen (secondary N) is 2. The van der Waals surface area contributed by atoms with Gasteiger partial charge in [-0.15, -0.1) is 0 Å². The van der Waals surface area contributed by atoms with E-state index < -0.39 is 10.0 Å². The van der Waals surface area contributed by atoms with Crippen molar-refractivity contribution in [1.82, 2.24) is 4.72 Å². The number of carbonyl (C=O) groups is 1. The third-order valence-corrected chi connectivity index (χ3v) is 4.83. The normalized spacial score (nSPS) is 11.2. The lowest BCUT2D eigenvalue weighted by Crippen LogP contribution is -2.27. The highest BCUT2D eigenvalue weighted by molar-refractivity contribution is 7.89. The lowest BCUT2D eigenvalue weighted by molar-refractivity contribution is -0.116. The second-order valence-corrected chi connectivity index (χ2v) is 7.09. The maximum atomic E-state index is 12.0. The van der Waals surface area contributed by atoms with E-state index in [-0.39, 0.29) is 23.8 Å². The number of aryl methyl sites for hydroxylation is 2. The molecule has 0 aliphatic rings. The van der Waals surface area contributed by atoms with Gasteiger partial charge in [-0.05, 0) is 37.6 Å². The van der Waals surface area contributed by atoms with Gasteiger partial charge in [-0.1, -0.05) is 35.9 Å². The van der Waals surface area contributed by atoms with Crippen molar-refractivity contribution in [2.24, 2.45) is 0 Å². The molecular formula is C17H20N2O3S. The summed E-state index contributed by atoms with van der Waals surface area (Å²) >= 11 is 0. The van der Waals surface area contributed by atoms with Crippen molar-refractivity contribution in [2.75, 3.05) is 11.9 Å². The van der Waals surface area contributed by atoms with Gasteiger partial charge in [0.05, 0.1) is 4.90 Å². The van der Waals surface area contributed by atoms with E-state index in [2.05, 4.69) is 10.0 Å². The molecule has 5 nitrogen and oxygen atoms in total. The van der Waals surface area contributed by atoms with E-state index in [9.17, 15) is 13.2 Å². The molecule has 0 fully saturated rings. The Morgan fingerprint density at radius 2 is 1.74 bits per heavy atom. The number of amides is 1. The average Bonchev–Trinajstić information content (AvgIpc) is 2.51. The molecule has 0 unspecified atom stereocenters. The minimum absolute atomic E-state index is 0.0496. The van der Waals surface area contributed by atoms with Gasteiger partial charge in [0.25, 0.3) is 0 Å². The molecule has 0 spiro atoms. The Balaban J connectivity index is 1.88. The molecule has 0 saturated carbocycles. The fourth-order valence-electron chi connectivity index (χ4n) is 2.15. The van der Waals surface area contributed by atoms with E-state index in [0.29, 0.717) is 0 Å². The molecule has 0 saturated heterocycles. The molecule has 2 aromatic rings. The molecular weight excluding hydrogens is 312 g/mol. The molecule has 0 atom stereocenters. The van der Waals surface area contributed by atoms with Crippen molar-refractivity contribution in [3.63, 3.8) is 0 Å². The molecule has 6 heteroatoms. The minimum Gasteiger partial charge on any atom is -0.326 e. The summed E-state index contributed by atoms with van der Waals surface area (Å²) < 4.78 is 26.5. The molecule has 2 rings (SSSR count). The second kappa shape index (κ2) is 7.39. The maximum Gasteiger partial charge on any atom is 0.240 e. The zero-order chi connectivity index (χ0) is 16.9. The van der Waals surface area contributed by atoms with Gasteiger partial charge in [-0.3, -0.25) is 4.79 Å². The van der Waals surface area contributed by atoms with E-state index in [1.54, 1.807) is 18.2 Å². The van der Waals surface area contributed by atoms with Gasteiger partial charge >= 0.3 is 0 Å². The first-order chi connectivity index (χ1) is 10.9. The summed E-state index contributed by atoms with van der Waals surface area (Å²) in [5.41, 5.74) is 2.84. The van der Waals surface area contributed by atoms with Crippen LogP contribution in [0.4, 0.5) is 5.69 Å². The fraction of sp³-hybridized carbons (Fsp3) is 0.235. The van der Waals surface area contributed by atoms with Gasteiger partial charge in [0.15, 0.2) is 0 Å². The zero-order valence-corrected chi connectivity index (χ0v) is 14.0. The molecule has 23 heavy (non-hydrogen) atoms. The van der Waals surface area contributed by atoms with Gasteiger partial charge in [0.1, 0.15) is 0 Å². The number of hydrogen-bond donors (Lipinski definition) is 2. The van der Waals surface area contributed by atoms with Crippen LogP contribution in [-0.2, 0) is 14.8 Å². The predicted octanol–water partition coefficient (Wildman–Crippen LogP) is 2.61. The Morgan fingerprint density at radius 3 is 2.39 bits per heavy atom. The highest BCUT2D eigenvalue weighted by atomic mass is 32.2. The van der Waals surface area contributed by atoms with Crippen molar-refractivity contribution in [3.05, 3.63) is 59.7 Å². The molecule has 122 valence electrons. The smallest absolute Gasteiger partial charge is 0.240 e. The van der Waals surface area contributed by atoms with Crippen LogP contribution >= 0.6 is 0 Å². The summed E-state index contributed by atoms with van der Waals surface area (Å²) in [5, 5.41) is 2.79. The first kappa shape index (κ1) is 17.2. The molecule has 0 aliphatic carbocycles. The van der Waals surface area contributed by atoms with Gasteiger partial charge in [0, 0.05) is 18.7 Å². The highest BCUT2D eigenvalue weighted by Gasteiger charge is 2.13. The summed E-state index contributed by atoms with van der Waals surface area (Å²) in [5.74, 6) is -0.229. The number of carbonyl (C=O) groups excluding carboxylic acids is 1. The minimum atomic E-state index is -3.57. The first-order valence-corrected chi connectivity index (χ1v) is 8.78. The molecule has 0 radical (unpaired) electrons. The van der Waals surface area contributed by atoms with Crippen LogP contribution in [0, 0.1) is 13.8 Å². The molecule has 0 heterocycles. The van der Waals surface area contributed by atoms with E-state index in [1.165, 1.54) is 12.1 Å². The van der Waals surface area contributed by atoms with Gasteiger partial charge in [-0.25, -0.2) is 13.1 Å². The summed E-state index contributed by atoms with van der Waals surface area (Å²) in [7, 11) is -3.57. The van der Waals surface area contributed by atoms with Crippen LogP contribution in [0.5, 0.6) is 0 Å². The molecule has 0 aromatic heterocycles. The van der Waals surface area contributed by atoms with Crippen molar-refractivity contribution in [1.29, 1.82) is 0 Å². The lowest BCUT2D eigenvalue weighted by atomic mass is 10.1. The Kier molecular flexibility index (Phi) is 5.52. The molecule has 0 bridgehead atoms. The van der Waals surface area contributed by atoms with E-state index in [4.69, 9.17) is 0 Å². The number of sulfonamides is 1. The quantitative estimate of drug-likeness (QED) is 0.854. The third-order valence-electron chi connectivity index (χ3n) is 3.35. The van der Waals surface area contributed by atoms with E-state index in [1.807, 2.05) is 32.0 Å². The van der Waals surface area contributed by atoms with Gasteiger partial charge in [0.2, 0.25) is 15.9 Å². The molecule has 1 amide bonds. The van der Waals surface area contributed by atoms with Crippen molar-refractivity contribution in [2.45, 2.75) is 25.2 Å². The van der Waals surface area contributed by atoms with Crippen molar-refractivity contribution in [3.8, 4) is 0 Å². The van der Waals surface area contributed by atoms with Crippen LogP contribution in [0.1, 0.15) is 17.5 Å². The second-order valence-electron chi connectivity index (χ2n) is 5.33. The maximum absolute atomic E-state index is 12.0. The average molecular weight is 332 g/mol. The van der Waals surface area contributed by atoms with Crippen LogP contribution < -0.4 is 10.0 Å². The first-order valence-electron chi connectivity index (χ1n) is 7.30. The largest absolute Gasteiger partial charge is 0.326 e. The molecule has 0 aliphatic heterocycles. The predicted molar refractivity (Wildman–Crippen MR) is 90.8 cm³/mol. The summed E-state index contributed by atoms with van der Waals surface area (Å²) in [6, 6.07) is 13.8. The lowest BCUT2D eigenvalue weighted by Gasteiger charge is -2.10. The molecule has 2 N–H and O–H groups in total. The molecule has 2 aromatic carbocycles. The number of hydrogen-bond acceptors (Lipinski definition) is 3. The zero-order valence-electron chi connectivity index (χ0n) is 13.2. The van der Waals surface area contributed by atoms with Crippen molar-refractivity contribution >= 4 is 21.6 Å². The summed E-state index contributed by atoms with van der Waals surface area (Å²) in [6.45, 7) is 3.95. The standard InChI is InChI=1S/C17H20N2O3S/c1-13-8-9-16(14(2)12-13)19-17(20)10-11-18-23(21,22)15-6-4-3-5-7-15/h3-9,12,18H,10-11H2,1-2H3,(H,19,20). The number of rotatable bonds is 6. The van der Waals surface area contributed by atoms with E-state index >= 15 is 0 Å². The Labute approximate surface area is 136 Å². The van der Waals surface area contributed by atoms with Crippen LogP contribution in [0.25, 0.3) is 0 Å². The Morgan fingerprint density at radius 1 is 1.04 bits per heavy atom. The van der Waals surface area contributed by atoms with Gasteiger partial charge < -0.3 is 5.32 Å². The van der Waals surface area contributed by atoms with Gasteiger partial charge in [-0.2, -0.15) is 0 Å². The van der Waals surface area contributed by atoms with Crippen LogP contribution in [0.15, 0.2) is 53.4 Å². The van der Waals surface area contributed by atoms with Crippen molar-refractivity contribution < 1.29 is 13.2 Å². The number of benzene rings is 2. The monoisotopic (exact) mass is 332 g/mol. The van der Waals surface area contributed by atoms with Crippen LogP contribution in [0.3, 0.4) is 0 Å². The Bertz CT molecular complexity index is 787. The fourth-order valence-corrected chi connectivity index (χ4v) is 3.20. The number of anilines is 1. The topological polar surface area (TPSA) is 75.3 Å². The van der Waals surface area contributed by atoms with E-state index in [0.717, 1.165) is 16.8 Å². The summed E-state index contributed by atoms with van der Waals surface area (Å²) in [6.07, 6.45) is 0.0688. The summed E-state index contributed by atoms with van der Waals surface area (Å²) in [4.78, 5) is 12.1. The van der Waals surface area contributed by atoms with Crippen LogP contribution in [0.2, 0.25) is 0 Å². The Hall–Kier alpha value is -2.18. The van der Waals surface area contributed by atoms with Crippen LogP contribution in [-0.4, -0.2) is 20.9 Å². The third kappa shape index (κ3) is 4.91. The SMILES string of the molecule is Cc1ccc(NC(=O)CCNS(=O)(=O)c2ccccc2)c(C)c1.